The number of nitrogens with two attached hydrogens (primary N) is 1. The van der Waals surface area contributed by atoms with Crippen molar-refractivity contribution in [2.75, 3.05) is 39.5 Å². The molecule has 0 radical (unpaired) electrons. The molecule has 5 N–H and O–H groups in total. The zero-order chi connectivity index (χ0) is 27.9. The second kappa shape index (κ2) is 16.1. The van der Waals surface area contributed by atoms with Gasteiger partial charge in [0.15, 0.2) is 5.84 Å². The fourth-order valence-electron chi connectivity index (χ4n) is 3.88. The average molecular weight is 536 g/mol. The van der Waals surface area contributed by atoms with E-state index in [1.54, 1.807) is 18.7 Å². The van der Waals surface area contributed by atoms with Crippen molar-refractivity contribution in [3.8, 4) is 0 Å². The number of hydrogen-bond acceptors (Lipinski definition) is 9. The van der Waals surface area contributed by atoms with Gasteiger partial charge in [0.2, 0.25) is 5.91 Å². The number of amides is 3. The predicted octanol–water partition coefficient (Wildman–Crippen LogP) is 0.977. The molecule has 1 aromatic carbocycles. The van der Waals surface area contributed by atoms with E-state index >= 15 is 0 Å². The molecule has 13 nitrogen and oxygen atoms in total. The summed E-state index contributed by atoms with van der Waals surface area (Å²) in [6, 6.07) is 5.26. The highest BCUT2D eigenvalue weighted by Crippen LogP contribution is 2.16. The first-order valence-corrected chi connectivity index (χ1v) is 12.6. The zero-order valence-electron chi connectivity index (χ0n) is 21.8. The first kappa shape index (κ1) is 30.4. The maximum Gasteiger partial charge on any atom is 0.407 e. The number of carbonyl (C=O) groups is 4. The molecule has 0 bridgehead atoms. The van der Waals surface area contributed by atoms with Crippen molar-refractivity contribution >= 4 is 29.7 Å². The van der Waals surface area contributed by atoms with E-state index < -0.39 is 24.0 Å². The third kappa shape index (κ3) is 9.88. The highest BCUT2D eigenvalue weighted by Gasteiger charge is 2.30. The Morgan fingerprint density at radius 2 is 1.71 bits per heavy atom. The molecular formula is C25H37N5O8. The predicted molar refractivity (Wildman–Crippen MR) is 137 cm³/mol. The van der Waals surface area contributed by atoms with Crippen LogP contribution in [0.2, 0.25) is 0 Å². The lowest BCUT2D eigenvalue weighted by atomic mass is 10.0. The lowest BCUT2D eigenvalue weighted by Gasteiger charge is -2.34. The minimum absolute atomic E-state index is 0.0891. The lowest BCUT2D eigenvalue weighted by Crippen LogP contribution is -2.51. The molecule has 1 aliphatic heterocycles. The molecular weight excluding hydrogens is 498 g/mol. The minimum Gasteiger partial charge on any atom is -0.464 e. The monoisotopic (exact) mass is 535 g/mol. The smallest absolute Gasteiger partial charge is 0.407 e. The van der Waals surface area contributed by atoms with E-state index in [9.17, 15) is 19.2 Å². The zero-order valence-corrected chi connectivity index (χ0v) is 21.8. The molecule has 1 heterocycles. The van der Waals surface area contributed by atoms with Crippen LogP contribution in [-0.2, 0) is 23.8 Å². The fourth-order valence-corrected chi connectivity index (χ4v) is 3.88. The van der Waals surface area contributed by atoms with Gasteiger partial charge in [-0.05, 0) is 51.7 Å². The summed E-state index contributed by atoms with van der Waals surface area (Å²) in [4.78, 5) is 51.0. The van der Waals surface area contributed by atoms with Gasteiger partial charge >= 0.3 is 12.1 Å². The highest BCUT2D eigenvalue weighted by molar-refractivity contribution is 6.00. The van der Waals surface area contributed by atoms with Crippen LogP contribution >= 0.6 is 0 Å². The molecule has 0 spiro atoms. The van der Waals surface area contributed by atoms with Crippen molar-refractivity contribution < 1.29 is 38.6 Å². The SMILES string of the molecule is CCOC(=O)COC1CCN(C(=O)C(CCCNC(=O)OCC)NC(=O)c2ccc(/C(N)=N/O)cc2)CC1. The summed E-state index contributed by atoms with van der Waals surface area (Å²) in [5.74, 6) is -1.22. The standard InChI is InChI=1S/C25H37N5O8/c1-3-36-21(31)16-38-19-11-14-30(15-12-19)24(33)20(6-5-13-27-25(34)37-4-2)28-23(32)18-9-7-17(8-10-18)22(26)29-35/h7-10,19-20,35H,3-6,11-16H2,1-2H3,(H2,26,29)(H,27,34)(H,28,32). The van der Waals surface area contributed by atoms with Crippen molar-refractivity contribution in [2.45, 2.75) is 51.7 Å². The van der Waals surface area contributed by atoms with Gasteiger partial charge in [0.1, 0.15) is 12.6 Å². The van der Waals surface area contributed by atoms with Gasteiger partial charge in [-0.15, -0.1) is 0 Å². The fraction of sp³-hybridized carbons (Fsp3) is 0.560. The van der Waals surface area contributed by atoms with Crippen LogP contribution < -0.4 is 16.4 Å². The summed E-state index contributed by atoms with van der Waals surface area (Å²) in [6.45, 7) is 4.92. The molecule has 2 rings (SSSR count). The molecule has 1 aliphatic rings. The first-order valence-electron chi connectivity index (χ1n) is 12.6. The highest BCUT2D eigenvalue weighted by atomic mass is 16.6. The molecule has 0 saturated carbocycles. The van der Waals surface area contributed by atoms with Crippen LogP contribution in [0.4, 0.5) is 4.79 Å². The van der Waals surface area contributed by atoms with E-state index in [-0.39, 0.29) is 44.2 Å². The molecule has 1 saturated heterocycles. The average Bonchev–Trinajstić information content (AvgIpc) is 2.93. The largest absolute Gasteiger partial charge is 0.464 e. The van der Waals surface area contributed by atoms with Crippen LogP contribution in [0.5, 0.6) is 0 Å². The summed E-state index contributed by atoms with van der Waals surface area (Å²) < 4.78 is 15.3. The normalized spacial score (nSPS) is 14.9. The number of benzene rings is 1. The number of alkyl carbamates (subject to hydrolysis) is 1. The molecule has 1 unspecified atom stereocenters. The number of piperidine rings is 1. The Balaban J connectivity index is 1.99. The molecule has 38 heavy (non-hydrogen) atoms. The van der Waals surface area contributed by atoms with E-state index in [0.717, 1.165) is 0 Å². The van der Waals surface area contributed by atoms with Gasteiger partial charge in [-0.25, -0.2) is 9.59 Å². The topological polar surface area (TPSA) is 182 Å². The van der Waals surface area contributed by atoms with Gasteiger partial charge in [-0.2, -0.15) is 0 Å². The van der Waals surface area contributed by atoms with Crippen LogP contribution in [0.15, 0.2) is 29.4 Å². The van der Waals surface area contributed by atoms with Gasteiger partial charge < -0.3 is 40.7 Å². The van der Waals surface area contributed by atoms with Crippen molar-refractivity contribution in [3.63, 3.8) is 0 Å². The number of nitrogens with zero attached hydrogens (tertiary/aromatic N) is 2. The molecule has 0 aliphatic carbocycles. The van der Waals surface area contributed by atoms with E-state index in [0.29, 0.717) is 49.9 Å². The molecule has 3 amide bonds. The Morgan fingerprint density at radius 3 is 2.32 bits per heavy atom. The number of ether oxygens (including phenoxy) is 3. The van der Waals surface area contributed by atoms with Crippen molar-refractivity contribution in [1.29, 1.82) is 0 Å². The summed E-state index contributed by atoms with van der Waals surface area (Å²) in [6.07, 6.45) is 1.10. The van der Waals surface area contributed by atoms with Gasteiger partial charge in [-0.1, -0.05) is 17.3 Å². The Kier molecular flexibility index (Phi) is 12.8. The summed E-state index contributed by atoms with van der Waals surface area (Å²) in [5, 5.41) is 17.1. The number of nitrogens with one attached hydrogen (secondary N) is 2. The van der Waals surface area contributed by atoms with Crippen LogP contribution in [0.25, 0.3) is 0 Å². The maximum absolute atomic E-state index is 13.4. The van der Waals surface area contributed by atoms with Gasteiger partial charge in [0, 0.05) is 30.8 Å². The van der Waals surface area contributed by atoms with Crippen LogP contribution in [-0.4, -0.2) is 91.4 Å². The van der Waals surface area contributed by atoms with Crippen molar-refractivity contribution in [2.24, 2.45) is 10.9 Å². The number of oxime groups is 1. The van der Waals surface area contributed by atoms with Crippen molar-refractivity contribution in [3.05, 3.63) is 35.4 Å². The minimum atomic E-state index is -0.827. The number of esters is 1. The molecule has 1 atom stereocenters. The molecule has 1 fully saturated rings. The second-order valence-corrected chi connectivity index (χ2v) is 8.52. The molecule has 0 aromatic heterocycles. The number of carbonyl (C=O) groups excluding carboxylic acids is 4. The Labute approximate surface area is 221 Å². The van der Waals surface area contributed by atoms with Crippen molar-refractivity contribution in [1.82, 2.24) is 15.5 Å². The molecule has 210 valence electrons. The number of amidine groups is 1. The Bertz CT molecular complexity index is 961. The van der Waals surface area contributed by atoms with Gasteiger partial charge in [0.25, 0.3) is 5.91 Å². The van der Waals surface area contributed by atoms with Crippen LogP contribution in [0.1, 0.15) is 55.5 Å². The summed E-state index contributed by atoms with van der Waals surface area (Å²) in [7, 11) is 0. The van der Waals surface area contributed by atoms with E-state index in [4.69, 9.17) is 25.2 Å². The van der Waals surface area contributed by atoms with Gasteiger partial charge in [0.05, 0.1) is 19.3 Å². The number of likely N-dealkylation sites (tertiary alicyclic amines) is 1. The first-order chi connectivity index (χ1) is 18.3. The van der Waals surface area contributed by atoms with E-state index in [1.165, 1.54) is 24.3 Å². The number of hydrogen-bond donors (Lipinski definition) is 4. The van der Waals surface area contributed by atoms with E-state index in [2.05, 4.69) is 15.8 Å². The summed E-state index contributed by atoms with van der Waals surface area (Å²) >= 11 is 0. The molecule has 13 heteroatoms. The molecule has 1 aromatic rings. The maximum atomic E-state index is 13.4. The Hall–Kier alpha value is -3.87. The van der Waals surface area contributed by atoms with E-state index in [1.807, 2.05) is 0 Å². The Morgan fingerprint density at radius 1 is 1.08 bits per heavy atom. The van der Waals surface area contributed by atoms with Crippen LogP contribution in [0, 0.1) is 0 Å². The van der Waals surface area contributed by atoms with Gasteiger partial charge in [-0.3, -0.25) is 9.59 Å². The lowest BCUT2D eigenvalue weighted by molar-refractivity contribution is -0.152. The third-order valence-electron chi connectivity index (χ3n) is 5.86. The van der Waals surface area contributed by atoms with Crippen LogP contribution in [0.3, 0.4) is 0 Å². The summed E-state index contributed by atoms with van der Waals surface area (Å²) in [5.41, 5.74) is 6.31. The second-order valence-electron chi connectivity index (χ2n) is 8.52. The number of rotatable bonds is 13. The third-order valence-corrected chi connectivity index (χ3v) is 5.86. The quantitative estimate of drug-likeness (QED) is 0.0714.